The van der Waals surface area contributed by atoms with Crippen molar-refractivity contribution in [2.45, 2.75) is 6.42 Å². The molecule has 5 nitrogen and oxygen atoms in total. The molecule has 0 spiro atoms. The minimum Gasteiger partial charge on any atom is -0.497 e. The van der Waals surface area contributed by atoms with Gasteiger partial charge in [0, 0.05) is 17.7 Å². The monoisotopic (exact) mass is 316 g/mol. The summed E-state index contributed by atoms with van der Waals surface area (Å²) in [5.74, 6) is 1.80. The smallest absolute Gasteiger partial charge is 0.133 e. The molecule has 0 radical (unpaired) electrons. The Balaban J connectivity index is 1.88. The van der Waals surface area contributed by atoms with Gasteiger partial charge in [-0.1, -0.05) is 12.1 Å². The van der Waals surface area contributed by atoms with Crippen LogP contribution in [0.3, 0.4) is 0 Å². The van der Waals surface area contributed by atoms with Crippen molar-refractivity contribution in [3.8, 4) is 28.8 Å². The highest BCUT2D eigenvalue weighted by Gasteiger charge is 2.24. The van der Waals surface area contributed by atoms with Crippen LogP contribution < -0.4 is 10.1 Å². The average Bonchev–Trinajstić information content (AvgIpc) is 3.24. The number of anilines is 1. The Bertz CT molecular complexity index is 935. The van der Waals surface area contributed by atoms with Gasteiger partial charge in [0.2, 0.25) is 0 Å². The Morgan fingerprint density at radius 1 is 1.17 bits per heavy atom. The van der Waals surface area contributed by atoms with Crippen LogP contribution in [0.15, 0.2) is 48.5 Å². The highest BCUT2D eigenvalue weighted by molar-refractivity contribution is 5.73. The SMILES string of the molecule is COc1ccc(-c2nn(-c3ccccc3C#N)c3c2CCN3)cc1. The van der Waals surface area contributed by atoms with Crippen LogP contribution in [0.2, 0.25) is 0 Å². The fourth-order valence-electron chi connectivity index (χ4n) is 3.08. The standard InChI is InChI=1S/C19H16N4O/c1-24-15-8-6-13(7-9-15)18-16-10-11-21-19(16)23(22-18)17-5-3-2-4-14(17)12-20/h2-9,21H,10-11H2,1H3. The lowest BCUT2D eigenvalue weighted by Gasteiger charge is -2.07. The number of hydrogen-bond donors (Lipinski definition) is 1. The number of hydrogen-bond acceptors (Lipinski definition) is 4. The summed E-state index contributed by atoms with van der Waals surface area (Å²) in [5.41, 5.74) is 4.59. The molecule has 0 saturated heterocycles. The van der Waals surface area contributed by atoms with Gasteiger partial charge in [-0.2, -0.15) is 10.4 Å². The van der Waals surface area contributed by atoms with Gasteiger partial charge in [0.05, 0.1) is 24.1 Å². The van der Waals surface area contributed by atoms with Crippen LogP contribution in [0.5, 0.6) is 5.75 Å². The summed E-state index contributed by atoms with van der Waals surface area (Å²) in [7, 11) is 1.66. The Hall–Kier alpha value is -3.26. The number of nitrogens with zero attached hydrogens (tertiary/aromatic N) is 3. The molecule has 0 saturated carbocycles. The molecule has 0 atom stereocenters. The molecular formula is C19H16N4O. The van der Waals surface area contributed by atoms with Gasteiger partial charge in [0.1, 0.15) is 17.6 Å². The van der Waals surface area contributed by atoms with Crippen LogP contribution >= 0.6 is 0 Å². The Kier molecular flexibility index (Phi) is 3.43. The van der Waals surface area contributed by atoms with Gasteiger partial charge >= 0.3 is 0 Å². The van der Waals surface area contributed by atoms with Crippen LogP contribution in [0.1, 0.15) is 11.1 Å². The lowest BCUT2D eigenvalue weighted by atomic mass is 10.1. The first-order chi connectivity index (χ1) is 11.8. The highest BCUT2D eigenvalue weighted by atomic mass is 16.5. The quantitative estimate of drug-likeness (QED) is 0.804. The third kappa shape index (κ3) is 2.20. The molecule has 118 valence electrons. The Morgan fingerprint density at radius 2 is 1.96 bits per heavy atom. The highest BCUT2D eigenvalue weighted by Crippen LogP contribution is 2.35. The molecule has 1 N–H and O–H groups in total. The van der Waals surface area contributed by atoms with Crippen molar-refractivity contribution < 1.29 is 4.74 Å². The van der Waals surface area contributed by atoms with Gasteiger partial charge in [-0.3, -0.25) is 0 Å². The van der Waals surface area contributed by atoms with E-state index in [1.54, 1.807) is 7.11 Å². The predicted molar refractivity (Wildman–Crippen MR) is 92.5 cm³/mol. The molecule has 0 unspecified atom stereocenters. The molecule has 0 bridgehead atoms. The van der Waals surface area contributed by atoms with Crippen molar-refractivity contribution in [3.05, 3.63) is 59.7 Å². The minimum absolute atomic E-state index is 0.609. The van der Waals surface area contributed by atoms with Gasteiger partial charge in [0.15, 0.2) is 0 Å². The fraction of sp³-hybridized carbons (Fsp3) is 0.158. The van der Waals surface area contributed by atoms with Crippen molar-refractivity contribution in [1.29, 1.82) is 5.26 Å². The van der Waals surface area contributed by atoms with Crippen LogP contribution in [0.4, 0.5) is 5.82 Å². The number of rotatable bonds is 3. The number of para-hydroxylation sites is 1. The van der Waals surface area contributed by atoms with E-state index in [9.17, 15) is 5.26 Å². The second-order valence-electron chi connectivity index (χ2n) is 5.62. The second kappa shape index (κ2) is 5.74. The summed E-state index contributed by atoms with van der Waals surface area (Å²) in [5, 5.41) is 17.6. The van der Waals surface area contributed by atoms with Gasteiger partial charge in [-0.15, -0.1) is 0 Å². The van der Waals surface area contributed by atoms with Gasteiger partial charge in [-0.05, 0) is 42.8 Å². The second-order valence-corrected chi connectivity index (χ2v) is 5.62. The lowest BCUT2D eigenvalue weighted by molar-refractivity contribution is 0.415. The fourth-order valence-corrected chi connectivity index (χ4v) is 3.08. The molecule has 0 amide bonds. The normalized spacial score (nSPS) is 12.3. The molecule has 24 heavy (non-hydrogen) atoms. The molecule has 0 aliphatic carbocycles. The topological polar surface area (TPSA) is 62.9 Å². The zero-order chi connectivity index (χ0) is 16.5. The van der Waals surface area contributed by atoms with E-state index in [2.05, 4.69) is 11.4 Å². The van der Waals surface area contributed by atoms with Crippen molar-refractivity contribution in [3.63, 3.8) is 0 Å². The number of benzene rings is 2. The van der Waals surface area contributed by atoms with E-state index >= 15 is 0 Å². The molecule has 2 aromatic carbocycles. The number of aromatic nitrogens is 2. The Labute approximate surface area is 140 Å². The van der Waals surface area contributed by atoms with E-state index in [0.717, 1.165) is 41.5 Å². The van der Waals surface area contributed by atoms with E-state index in [0.29, 0.717) is 5.56 Å². The van der Waals surface area contributed by atoms with E-state index in [1.165, 1.54) is 5.56 Å². The van der Waals surface area contributed by atoms with Crippen LogP contribution in [0.25, 0.3) is 16.9 Å². The summed E-state index contributed by atoms with van der Waals surface area (Å²) >= 11 is 0. The molecule has 0 fully saturated rings. The number of methoxy groups -OCH3 is 1. The first-order valence-electron chi connectivity index (χ1n) is 7.81. The number of ether oxygens (including phenoxy) is 1. The lowest BCUT2D eigenvalue weighted by Crippen LogP contribution is -2.05. The van der Waals surface area contributed by atoms with Crippen molar-refractivity contribution in [2.75, 3.05) is 19.0 Å². The molecule has 1 aromatic heterocycles. The maximum Gasteiger partial charge on any atom is 0.133 e. The van der Waals surface area contributed by atoms with Crippen LogP contribution in [-0.2, 0) is 6.42 Å². The largest absolute Gasteiger partial charge is 0.497 e. The molecule has 1 aliphatic heterocycles. The van der Waals surface area contributed by atoms with Gasteiger partial charge in [-0.25, -0.2) is 4.68 Å². The summed E-state index contributed by atoms with van der Waals surface area (Å²) in [4.78, 5) is 0. The summed E-state index contributed by atoms with van der Waals surface area (Å²) < 4.78 is 7.08. The van der Waals surface area contributed by atoms with Crippen molar-refractivity contribution >= 4 is 5.82 Å². The number of nitriles is 1. The molecule has 5 heteroatoms. The number of nitrogens with one attached hydrogen (secondary N) is 1. The number of fused-ring (bicyclic) bond motifs is 1. The zero-order valence-corrected chi connectivity index (χ0v) is 13.3. The molecule has 1 aliphatic rings. The third-order valence-electron chi connectivity index (χ3n) is 4.27. The van der Waals surface area contributed by atoms with Crippen LogP contribution in [-0.4, -0.2) is 23.4 Å². The van der Waals surface area contributed by atoms with E-state index in [4.69, 9.17) is 9.84 Å². The first-order valence-corrected chi connectivity index (χ1v) is 7.81. The summed E-state index contributed by atoms with van der Waals surface area (Å²) in [6, 6.07) is 17.7. The van der Waals surface area contributed by atoms with Crippen LogP contribution in [0, 0.1) is 11.3 Å². The van der Waals surface area contributed by atoms with Gasteiger partial charge < -0.3 is 10.1 Å². The molecule has 4 rings (SSSR count). The molecule has 3 aromatic rings. The third-order valence-corrected chi connectivity index (χ3v) is 4.27. The van der Waals surface area contributed by atoms with E-state index < -0.39 is 0 Å². The van der Waals surface area contributed by atoms with E-state index in [1.807, 2.05) is 53.2 Å². The van der Waals surface area contributed by atoms with Gasteiger partial charge in [0.25, 0.3) is 0 Å². The first kappa shape index (κ1) is 14.3. The summed E-state index contributed by atoms with van der Waals surface area (Å²) in [6.07, 6.45) is 0.922. The zero-order valence-electron chi connectivity index (χ0n) is 13.3. The van der Waals surface area contributed by atoms with E-state index in [-0.39, 0.29) is 0 Å². The summed E-state index contributed by atoms with van der Waals surface area (Å²) in [6.45, 7) is 0.880. The predicted octanol–water partition coefficient (Wildman–Crippen LogP) is 3.39. The van der Waals surface area contributed by atoms with Crippen molar-refractivity contribution in [2.24, 2.45) is 0 Å². The minimum atomic E-state index is 0.609. The Morgan fingerprint density at radius 3 is 2.71 bits per heavy atom. The van der Waals surface area contributed by atoms with Crippen molar-refractivity contribution in [1.82, 2.24) is 9.78 Å². The maximum atomic E-state index is 9.38. The average molecular weight is 316 g/mol. The maximum absolute atomic E-state index is 9.38. The molecule has 2 heterocycles. The molecular weight excluding hydrogens is 300 g/mol.